The van der Waals surface area contributed by atoms with Gasteiger partial charge in [-0.2, -0.15) is 0 Å². The molecule has 0 aliphatic rings. The van der Waals surface area contributed by atoms with Crippen molar-refractivity contribution in [1.29, 1.82) is 0 Å². The number of aldehydes is 3. The number of carbonyl (C=O) groups is 4. The van der Waals surface area contributed by atoms with Gasteiger partial charge in [-0.05, 0) is 47.5 Å². The van der Waals surface area contributed by atoms with E-state index in [0.717, 1.165) is 37.6 Å². The monoisotopic (exact) mass is 852 g/mol. The summed E-state index contributed by atoms with van der Waals surface area (Å²) in [6.45, 7) is 16.8. The first-order valence-corrected chi connectivity index (χ1v) is 21.6. The summed E-state index contributed by atoms with van der Waals surface area (Å²) in [5.41, 5.74) is 0.634. The number of benzene rings is 1. The molecule has 0 amide bonds. The first kappa shape index (κ1) is 57.3. The number of rotatable bonds is 26. The van der Waals surface area contributed by atoms with Crippen molar-refractivity contribution in [3.63, 3.8) is 0 Å². The second-order valence-electron chi connectivity index (χ2n) is 14.4. The molecule has 16 nitrogen and oxygen atoms in total. The van der Waals surface area contributed by atoms with Crippen molar-refractivity contribution in [2.75, 3.05) is 59.4 Å². The predicted molar refractivity (Wildman–Crippen MR) is 237 cm³/mol. The number of aromatic nitrogens is 4. The molecule has 1 atom stereocenters. The third kappa shape index (κ3) is 30.9. The van der Waals surface area contributed by atoms with Gasteiger partial charge in [-0.15, -0.1) is 0 Å². The summed E-state index contributed by atoms with van der Waals surface area (Å²) in [7, 11) is 4.01. The number of hydrogen-bond acceptors (Lipinski definition) is 14. The average molecular weight is 852 g/mol. The van der Waals surface area contributed by atoms with Crippen molar-refractivity contribution >= 4 is 50.5 Å². The molecule has 0 radical (unpaired) electrons. The zero-order valence-electron chi connectivity index (χ0n) is 37.3. The van der Waals surface area contributed by atoms with Gasteiger partial charge in [0.15, 0.2) is 11.5 Å². The minimum absolute atomic E-state index is 0.167. The number of methoxy groups -OCH3 is 3. The van der Waals surface area contributed by atoms with Crippen molar-refractivity contribution in [2.45, 2.75) is 124 Å². The van der Waals surface area contributed by atoms with Crippen LogP contribution in [0.4, 0.5) is 5.82 Å². The number of ether oxygens (including phenoxy) is 4. The summed E-state index contributed by atoms with van der Waals surface area (Å²) in [6, 6.07) is 9.10. The van der Waals surface area contributed by atoms with E-state index in [0.29, 0.717) is 43.0 Å². The molecule has 3 rings (SSSR count). The number of imidazole rings is 1. The SMILES string of the molecule is CCCCCCOC.CCCCCCOC.COCCNc1ncnc2c1ncn2CC(C)OCP(NC(C)(C)C=O)NC(C)(C)C=O.O=CO.O=Cc1ccccc1. The van der Waals surface area contributed by atoms with Crippen LogP contribution in [0.5, 0.6) is 0 Å². The lowest BCUT2D eigenvalue weighted by Crippen LogP contribution is -2.46. The summed E-state index contributed by atoms with van der Waals surface area (Å²) in [5.74, 6) is 0.656. The van der Waals surface area contributed by atoms with E-state index in [9.17, 15) is 14.4 Å². The Balaban J connectivity index is 0. The fourth-order valence-electron chi connectivity index (χ4n) is 4.67. The number of unbranched alkanes of at least 4 members (excludes halogenated alkanes) is 6. The van der Waals surface area contributed by atoms with E-state index in [1.807, 2.05) is 29.7 Å². The Morgan fingerprint density at radius 2 is 1.31 bits per heavy atom. The second kappa shape index (κ2) is 37.3. The highest BCUT2D eigenvalue weighted by molar-refractivity contribution is 7.53. The van der Waals surface area contributed by atoms with Gasteiger partial charge in [-0.25, -0.2) is 15.0 Å². The predicted octanol–water partition coefficient (Wildman–Crippen LogP) is 7.32. The first-order valence-electron chi connectivity index (χ1n) is 20.1. The van der Waals surface area contributed by atoms with Gasteiger partial charge in [0.25, 0.3) is 6.47 Å². The summed E-state index contributed by atoms with van der Waals surface area (Å²) in [6.07, 6.45) is 16.3. The van der Waals surface area contributed by atoms with Crippen LogP contribution in [0, 0.1) is 0 Å². The molecule has 0 bridgehead atoms. The molecule has 0 fully saturated rings. The smallest absolute Gasteiger partial charge is 0.290 e. The maximum absolute atomic E-state index is 11.4. The number of nitrogens with one attached hydrogen (secondary N) is 3. The lowest BCUT2D eigenvalue weighted by atomic mass is 10.1. The van der Waals surface area contributed by atoms with Crippen LogP contribution in [0.15, 0.2) is 43.0 Å². The molecule has 2 heterocycles. The molecule has 4 N–H and O–H groups in total. The maximum atomic E-state index is 11.4. The molecule has 0 spiro atoms. The Hall–Kier alpha value is -3.76. The molecule has 0 aliphatic heterocycles. The minimum atomic E-state index is -1.15. The largest absolute Gasteiger partial charge is 0.483 e. The molecule has 1 aromatic carbocycles. The fourth-order valence-corrected chi connectivity index (χ4v) is 6.75. The van der Waals surface area contributed by atoms with E-state index in [2.05, 4.69) is 44.3 Å². The molecule has 3 aromatic rings. The quantitative estimate of drug-likeness (QED) is 0.0355. The summed E-state index contributed by atoms with van der Waals surface area (Å²) < 4.78 is 22.8. The molecular formula is C42H74N7O9P. The van der Waals surface area contributed by atoms with E-state index in [1.165, 1.54) is 57.7 Å². The lowest BCUT2D eigenvalue weighted by molar-refractivity contribution is -0.123. The van der Waals surface area contributed by atoms with Crippen LogP contribution in [-0.4, -0.2) is 121 Å². The maximum Gasteiger partial charge on any atom is 0.290 e. The van der Waals surface area contributed by atoms with Gasteiger partial charge in [0, 0.05) is 46.7 Å². The van der Waals surface area contributed by atoms with E-state index in [1.54, 1.807) is 67.5 Å². The Kier molecular flexibility index (Phi) is 36.2. The lowest BCUT2D eigenvalue weighted by Gasteiger charge is -2.33. The Morgan fingerprint density at radius 3 is 1.75 bits per heavy atom. The highest BCUT2D eigenvalue weighted by Gasteiger charge is 2.27. The van der Waals surface area contributed by atoms with Crippen LogP contribution < -0.4 is 15.5 Å². The molecule has 0 aliphatic carbocycles. The zero-order valence-corrected chi connectivity index (χ0v) is 38.2. The second-order valence-corrected chi connectivity index (χ2v) is 16.0. The molecule has 59 heavy (non-hydrogen) atoms. The summed E-state index contributed by atoms with van der Waals surface area (Å²) in [4.78, 5) is 54.1. The number of carboxylic acid groups (broad SMARTS) is 1. The van der Waals surface area contributed by atoms with Crippen LogP contribution in [0.1, 0.15) is 110 Å². The fraction of sp³-hybridized carbons (Fsp3) is 0.643. The van der Waals surface area contributed by atoms with Crippen LogP contribution >= 0.6 is 8.22 Å². The topological polar surface area (TPSA) is 205 Å². The van der Waals surface area contributed by atoms with Gasteiger partial charge in [0.1, 0.15) is 30.7 Å². The summed E-state index contributed by atoms with van der Waals surface area (Å²) >= 11 is 0. The van der Waals surface area contributed by atoms with E-state index >= 15 is 0 Å². The van der Waals surface area contributed by atoms with Gasteiger partial charge in [0.05, 0.1) is 51.2 Å². The van der Waals surface area contributed by atoms with E-state index in [-0.39, 0.29) is 12.6 Å². The molecule has 336 valence electrons. The summed E-state index contributed by atoms with van der Waals surface area (Å²) in [5, 5.41) is 16.6. The molecule has 1 unspecified atom stereocenters. The zero-order chi connectivity index (χ0) is 44.8. The molecule has 2 aromatic heterocycles. The van der Waals surface area contributed by atoms with Gasteiger partial charge < -0.3 is 43.5 Å². The number of anilines is 1. The first-order chi connectivity index (χ1) is 28.3. The Bertz CT molecular complexity index is 1420. The number of hydrogen-bond donors (Lipinski definition) is 4. The van der Waals surface area contributed by atoms with Crippen molar-refractivity contribution in [2.24, 2.45) is 0 Å². The number of carbonyl (C=O) groups excluding carboxylic acids is 3. The van der Waals surface area contributed by atoms with Crippen LogP contribution in [0.3, 0.4) is 0 Å². The molecule has 0 saturated carbocycles. The molecule has 0 saturated heterocycles. The van der Waals surface area contributed by atoms with Crippen LogP contribution in [-0.2, 0) is 39.9 Å². The average Bonchev–Trinajstić information content (AvgIpc) is 3.64. The Labute approximate surface area is 354 Å². The number of fused-ring (bicyclic) bond motifs is 1. The van der Waals surface area contributed by atoms with Gasteiger partial charge in [-0.3, -0.25) is 19.8 Å². The van der Waals surface area contributed by atoms with Crippen molar-refractivity contribution in [3.8, 4) is 0 Å². The van der Waals surface area contributed by atoms with E-state index in [4.69, 9.17) is 28.8 Å². The van der Waals surface area contributed by atoms with Crippen LogP contribution in [0.2, 0.25) is 0 Å². The van der Waals surface area contributed by atoms with Crippen molar-refractivity contribution < 1.29 is 43.2 Å². The molecule has 17 heteroatoms. The van der Waals surface area contributed by atoms with Crippen molar-refractivity contribution in [3.05, 3.63) is 48.5 Å². The Morgan fingerprint density at radius 1 is 0.780 bits per heavy atom. The van der Waals surface area contributed by atoms with Gasteiger partial charge in [0.2, 0.25) is 0 Å². The molecular weight excluding hydrogens is 777 g/mol. The van der Waals surface area contributed by atoms with Gasteiger partial charge >= 0.3 is 0 Å². The van der Waals surface area contributed by atoms with E-state index < -0.39 is 19.3 Å². The minimum Gasteiger partial charge on any atom is -0.483 e. The third-order valence-electron chi connectivity index (χ3n) is 7.72. The highest BCUT2D eigenvalue weighted by Crippen LogP contribution is 2.32. The standard InChI is InChI=1S/C20H34N7O4P.C7H6O.2C7H16O.CH2O2/c1-15(31-14-32(25-19(2,3)10-28)26-20(4,5)11-29)9-27-13-24-16-17(21-7-8-30-6)22-12-23-18(16)27;8-6-7-4-2-1-3-5-7;2*1-3-4-5-6-7-8-2;2-1-3/h10-13,15,25-26H,7-9,14H2,1-6H3,(H,21,22,23);1-6H;2*3-7H2,1-2H3;1H,(H,2,3). The third-order valence-corrected chi connectivity index (χ3v) is 9.82. The normalized spacial score (nSPS) is 11.3. The van der Waals surface area contributed by atoms with Gasteiger partial charge in [-0.1, -0.05) is 82.7 Å². The van der Waals surface area contributed by atoms with Crippen LogP contribution in [0.25, 0.3) is 11.2 Å². The highest BCUT2D eigenvalue weighted by atomic mass is 31.1. The van der Waals surface area contributed by atoms with Crippen molar-refractivity contribution in [1.82, 2.24) is 29.7 Å². The number of nitrogens with zero attached hydrogens (tertiary/aromatic N) is 4.